The molecule has 3 unspecified atom stereocenters. The van der Waals surface area contributed by atoms with E-state index in [0.717, 1.165) is 18.5 Å². The predicted octanol–water partition coefficient (Wildman–Crippen LogP) is 3.55. The van der Waals surface area contributed by atoms with Crippen molar-refractivity contribution < 1.29 is 0 Å². The van der Waals surface area contributed by atoms with Crippen molar-refractivity contribution in [3.05, 3.63) is 0 Å². The van der Waals surface area contributed by atoms with Gasteiger partial charge in [-0.1, -0.05) is 33.1 Å². The maximum atomic E-state index is 6.25. The minimum Gasteiger partial charge on any atom is -0.329 e. The van der Waals surface area contributed by atoms with Gasteiger partial charge < -0.3 is 5.73 Å². The first-order valence-corrected chi connectivity index (χ1v) is 8.22. The topological polar surface area (TPSA) is 29.3 Å². The molecule has 0 aromatic carbocycles. The number of hydrogen-bond donors (Lipinski definition) is 1. The number of hydrogen-bond acceptors (Lipinski definition) is 2. The van der Waals surface area contributed by atoms with Crippen molar-refractivity contribution >= 4 is 0 Å². The zero-order chi connectivity index (χ0) is 13.0. The molecule has 1 heterocycles. The largest absolute Gasteiger partial charge is 0.329 e. The summed E-state index contributed by atoms with van der Waals surface area (Å²) in [5, 5.41) is 0. The Labute approximate surface area is 113 Å². The van der Waals surface area contributed by atoms with Crippen LogP contribution in [0.3, 0.4) is 0 Å². The van der Waals surface area contributed by atoms with Gasteiger partial charge in [-0.25, -0.2) is 0 Å². The highest BCUT2D eigenvalue weighted by Crippen LogP contribution is 2.39. The van der Waals surface area contributed by atoms with Gasteiger partial charge in [0.05, 0.1) is 0 Å². The third kappa shape index (κ3) is 2.75. The van der Waals surface area contributed by atoms with Gasteiger partial charge in [0, 0.05) is 18.1 Å². The van der Waals surface area contributed by atoms with Crippen LogP contribution in [-0.2, 0) is 0 Å². The Morgan fingerprint density at radius 1 is 1.06 bits per heavy atom. The molecule has 2 heteroatoms. The van der Waals surface area contributed by atoms with Gasteiger partial charge >= 0.3 is 0 Å². The molecule has 0 amide bonds. The van der Waals surface area contributed by atoms with Gasteiger partial charge in [0.2, 0.25) is 0 Å². The Hall–Kier alpha value is -0.0800. The summed E-state index contributed by atoms with van der Waals surface area (Å²) < 4.78 is 0. The van der Waals surface area contributed by atoms with Gasteiger partial charge in [-0.05, 0) is 51.0 Å². The Balaban J connectivity index is 2.09. The third-order valence-corrected chi connectivity index (χ3v) is 5.69. The zero-order valence-corrected chi connectivity index (χ0v) is 12.5. The first kappa shape index (κ1) is 14.3. The van der Waals surface area contributed by atoms with Crippen LogP contribution in [0.5, 0.6) is 0 Å². The van der Waals surface area contributed by atoms with E-state index in [1.54, 1.807) is 0 Å². The predicted molar refractivity (Wildman–Crippen MR) is 78.7 cm³/mol. The quantitative estimate of drug-likeness (QED) is 0.775. The summed E-state index contributed by atoms with van der Waals surface area (Å²) >= 11 is 0. The number of nitrogens with zero attached hydrogens (tertiary/aromatic N) is 1. The Morgan fingerprint density at radius 2 is 1.89 bits per heavy atom. The Bertz CT molecular complexity index is 253. The molecule has 0 radical (unpaired) electrons. The highest BCUT2D eigenvalue weighted by atomic mass is 15.2. The van der Waals surface area contributed by atoms with Gasteiger partial charge in [-0.3, -0.25) is 4.90 Å². The Morgan fingerprint density at radius 3 is 2.56 bits per heavy atom. The number of nitrogens with two attached hydrogens (primary N) is 1. The van der Waals surface area contributed by atoms with E-state index in [0.29, 0.717) is 5.54 Å². The molecule has 1 aliphatic carbocycles. The number of rotatable bonds is 4. The van der Waals surface area contributed by atoms with E-state index in [9.17, 15) is 0 Å². The van der Waals surface area contributed by atoms with Crippen molar-refractivity contribution in [2.24, 2.45) is 11.7 Å². The molecule has 0 aromatic heterocycles. The summed E-state index contributed by atoms with van der Waals surface area (Å²) in [5.74, 6) is 0.959. The second-order valence-electron chi connectivity index (χ2n) is 6.53. The van der Waals surface area contributed by atoms with E-state index in [4.69, 9.17) is 5.73 Å². The normalized spacial score (nSPS) is 38.8. The van der Waals surface area contributed by atoms with E-state index < -0.39 is 0 Å². The lowest BCUT2D eigenvalue weighted by Gasteiger charge is -2.44. The van der Waals surface area contributed by atoms with Crippen molar-refractivity contribution in [1.29, 1.82) is 0 Å². The van der Waals surface area contributed by atoms with E-state index >= 15 is 0 Å². The van der Waals surface area contributed by atoms with Crippen LogP contribution in [0.25, 0.3) is 0 Å². The van der Waals surface area contributed by atoms with Crippen molar-refractivity contribution in [3.63, 3.8) is 0 Å². The average molecular weight is 252 g/mol. The van der Waals surface area contributed by atoms with E-state index in [1.165, 1.54) is 64.3 Å². The fourth-order valence-corrected chi connectivity index (χ4v) is 4.36. The highest BCUT2D eigenvalue weighted by molar-refractivity contribution is 4.98. The molecule has 0 aromatic rings. The highest BCUT2D eigenvalue weighted by Gasteiger charge is 2.41. The van der Waals surface area contributed by atoms with Gasteiger partial charge in [0.15, 0.2) is 0 Å². The van der Waals surface area contributed by atoms with E-state index in [2.05, 4.69) is 18.7 Å². The van der Waals surface area contributed by atoms with Gasteiger partial charge in [-0.15, -0.1) is 0 Å². The maximum absolute atomic E-state index is 6.25. The fraction of sp³-hybridized carbons (Fsp3) is 1.00. The smallest absolute Gasteiger partial charge is 0.0334 e. The van der Waals surface area contributed by atoms with Gasteiger partial charge in [0.1, 0.15) is 0 Å². The van der Waals surface area contributed by atoms with E-state index in [1.807, 2.05) is 0 Å². The Kier molecular flexibility index (Phi) is 5.08. The van der Waals surface area contributed by atoms with Crippen LogP contribution >= 0.6 is 0 Å². The molecular formula is C16H32N2. The SMILES string of the molecule is CCC1CCCC(CN)(N2CCCC2CC)CC1. The lowest BCUT2D eigenvalue weighted by atomic mass is 9.86. The fourth-order valence-electron chi connectivity index (χ4n) is 4.36. The average Bonchev–Trinajstić information content (AvgIpc) is 2.79. The van der Waals surface area contributed by atoms with Crippen LogP contribution in [0.1, 0.15) is 71.6 Å². The van der Waals surface area contributed by atoms with Crippen LogP contribution in [0.15, 0.2) is 0 Å². The minimum absolute atomic E-state index is 0.348. The van der Waals surface area contributed by atoms with Crippen LogP contribution in [0.4, 0.5) is 0 Å². The molecule has 2 rings (SSSR count). The van der Waals surface area contributed by atoms with Crippen LogP contribution < -0.4 is 5.73 Å². The first-order valence-electron chi connectivity index (χ1n) is 8.22. The monoisotopic (exact) mass is 252 g/mol. The molecule has 106 valence electrons. The lowest BCUT2D eigenvalue weighted by Crippen LogP contribution is -2.55. The molecule has 18 heavy (non-hydrogen) atoms. The molecular weight excluding hydrogens is 220 g/mol. The van der Waals surface area contributed by atoms with Crippen molar-refractivity contribution in [3.8, 4) is 0 Å². The number of likely N-dealkylation sites (tertiary alicyclic amines) is 1. The first-order chi connectivity index (χ1) is 8.75. The van der Waals surface area contributed by atoms with Crippen molar-refractivity contribution in [2.45, 2.75) is 83.2 Å². The summed E-state index contributed by atoms with van der Waals surface area (Å²) in [7, 11) is 0. The van der Waals surface area contributed by atoms with Crippen molar-refractivity contribution in [1.82, 2.24) is 4.90 Å². The van der Waals surface area contributed by atoms with Gasteiger partial charge in [0.25, 0.3) is 0 Å². The molecule has 3 atom stereocenters. The molecule has 1 saturated carbocycles. The summed E-state index contributed by atoms with van der Waals surface area (Å²) in [6, 6.07) is 0.812. The summed E-state index contributed by atoms with van der Waals surface area (Å²) in [5.41, 5.74) is 6.60. The second-order valence-corrected chi connectivity index (χ2v) is 6.53. The maximum Gasteiger partial charge on any atom is 0.0334 e. The van der Waals surface area contributed by atoms with Crippen LogP contribution in [0, 0.1) is 5.92 Å². The molecule has 0 bridgehead atoms. The third-order valence-electron chi connectivity index (χ3n) is 5.69. The molecule has 1 aliphatic heterocycles. The standard InChI is InChI=1S/C16H32N2/c1-3-14-7-5-10-16(13-17,11-9-14)18-12-6-8-15(18)4-2/h14-15H,3-13,17H2,1-2H3. The van der Waals surface area contributed by atoms with E-state index in [-0.39, 0.29) is 0 Å². The summed E-state index contributed by atoms with van der Waals surface area (Å²) in [6.07, 6.45) is 12.4. The lowest BCUT2D eigenvalue weighted by molar-refractivity contribution is 0.0625. The summed E-state index contributed by atoms with van der Waals surface area (Å²) in [6.45, 7) is 6.87. The summed E-state index contributed by atoms with van der Waals surface area (Å²) in [4.78, 5) is 2.81. The molecule has 2 N–H and O–H groups in total. The minimum atomic E-state index is 0.348. The molecule has 0 spiro atoms. The molecule has 2 nitrogen and oxygen atoms in total. The second kappa shape index (κ2) is 6.38. The van der Waals surface area contributed by atoms with Crippen LogP contribution in [0.2, 0.25) is 0 Å². The van der Waals surface area contributed by atoms with Crippen LogP contribution in [-0.4, -0.2) is 29.6 Å². The van der Waals surface area contributed by atoms with Crippen molar-refractivity contribution in [2.75, 3.05) is 13.1 Å². The molecule has 2 aliphatic rings. The van der Waals surface area contributed by atoms with Gasteiger partial charge in [-0.2, -0.15) is 0 Å². The molecule has 1 saturated heterocycles. The molecule has 2 fully saturated rings. The zero-order valence-electron chi connectivity index (χ0n) is 12.5.